The second kappa shape index (κ2) is 10.9. The van der Waals surface area contributed by atoms with Crippen molar-refractivity contribution in [3.63, 3.8) is 0 Å². The van der Waals surface area contributed by atoms with E-state index in [1.54, 1.807) is 48.5 Å². The molecule has 0 bridgehead atoms. The molecule has 0 spiro atoms. The van der Waals surface area contributed by atoms with Gasteiger partial charge in [-0.3, -0.25) is 24.1 Å². The minimum Gasteiger partial charge on any atom is -0.454 e. The molecule has 0 unspecified atom stereocenters. The van der Waals surface area contributed by atoms with E-state index in [-0.39, 0.29) is 18.9 Å². The number of thiophene rings is 1. The summed E-state index contributed by atoms with van der Waals surface area (Å²) in [7, 11) is 0. The highest BCUT2D eigenvalue weighted by molar-refractivity contribution is 7.10. The van der Waals surface area contributed by atoms with Crippen LogP contribution in [0.5, 0.6) is 11.5 Å². The van der Waals surface area contributed by atoms with Crippen molar-refractivity contribution in [3.05, 3.63) is 106 Å². The maximum Gasteiger partial charge on any atom is 0.299 e. The van der Waals surface area contributed by atoms with Crippen molar-refractivity contribution in [2.75, 3.05) is 23.6 Å². The maximum absolute atomic E-state index is 14.1. The number of aryl methyl sites for hydroxylation is 1. The van der Waals surface area contributed by atoms with E-state index in [9.17, 15) is 19.2 Å². The summed E-state index contributed by atoms with van der Waals surface area (Å²) in [6, 6.07) is 21.9. The second-order valence-corrected chi connectivity index (χ2v) is 10.6. The van der Waals surface area contributed by atoms with Gasteiger partial charge in [-0.15, -0.1) is 11.3 Å². The molecule has 1 atom stereocenters. The van der Waals surface area contributed by atoms with Gasteiger partial charge in [-0.05, 0) is 53.8 Å². The highest BCUT2D eigenvalue weighted by Gasteiger charge is 2.39. The molecule has 10 heteroatoms. The molecule has 2 aliphatic heterocycles. The predicted octanol–water partition coefficient (Wildman–Crippen LogP) is 4.72. The normalized spacial score (nSPS) is 14.1. The first kappa shape index (κ1) is 26.3. The number of anilines is 2. The van der Waals surface area contributed by atoms with Crippen molar-refractivity contribution in [1.82, 2.24) is 4.90 Å². The highest BCUT2D eigenvalue weighted by atomic mass is 32.1. The van der Waals surface area contributed by atoms with Gasteiger partial charge in [0.15, 0.2) is 11.5 Å². The molecule has 1 N–H and O–H groups in total. The van der Waals surface area contributed by atoms with Gasteiger partial charge in [0.05, 0.1) is 11.3 Å². The van der Waals surface area contributed by atoms with Crippen LogP contribution in [0, 0.1) is 6.92 Å². The number of fused-ring (bicyclic) bond motifs is 2. The highest BCUT2D eigenvalue weighted by Crippen LogP contribution is 2.36. The summed E-state index contributed by atoms with van der Waals surface area (Å²) < 4.78 is 10.8. The van der Waals surface area contributed by atoms with Gasteiger partial charge in [0.1, 0.15) is 12.6 Å². The predicted molar refractivity (Wildman–Crippen MR) is 153 cm³/mol. The number of ketones is 1. The SMILES string of the molecule is Cc1ccccc1CN(C(=O)CN1C(=O)C(=O)c2ccccc21)[C@@H](C(=O)Nc1ccc2c(c1)OCO2)c1cccs1. The zero-order valence-electron chi connectivity index (χ0n) is 22.0. The van der Waals surface area contributed by atoms with Crippen LogP contribution < -0.4 is 19.7 Å². The number of ether oxygens (including phenoxy) is 2. The van der Waals surface area contributed by atoms with E-state index in [2.05, 4.69) is 5.32 Å². The molecule has 0 saturated carbocycles. The van der Waals surface area contributed by atoms with Crippen LogP contribution in [-0.2, 0) is 20.9 Å². The lowest BCUT2D eigenvalue weighted by Gasteiger charge is -2.32. The number of nitrogens with zero attached hydrogens (tertiary/aromatic N) is 2. The first-order valence-electron chi connectivity index (χ1n) is 12.9. The van der Waals surface area contributed by atoms with Crippen LogP contribution in [0.3, 0.4) is 0 Å². The Morgan fingerprint density at radius 1 is 0.976 bits per heavy atom. The van der Waals surface area contributed by atoms with E-state index in [0.717, 1.165) is 11.1 Å². The van der Waals surface area contributed by atoms with Gasteiger partial charge in [0.2, 0.25) is 12.7 Å². The zero-order valence-corrected chi connectivity index (χ0v) is 22.9. The van der Waals surface area contributed by atoms with Crippen LogP contribution in [0.25, 0.3) is 0 Å². The summed E-state index contributed by atoms with van der Waals surface area (Å²) in [4.78, 5) is 56.9. The molecular formula is C31H25N3O6S. The Bertz CT molecular complexity index is 1670. The molecular weight excluding hydrogens is 542 g/mol. The molecule has 0 fully saturated rings. The number of para-hydroxylation sites is 1. The fourth-order valence-electron chi connectivity index (χ4n) is 4.98. The van der Waals surface area contributed by atoms with Gasteiger partial charge < -0.3 is 19.7 Å². The smallest absolute Gasteiger partial charge is 0.299 e. The molecule has 6 rings (SSSR count). The summed E-state index contributed by atoms with van der Waals surface area (Å²) in [6.07, 6.45) is 0. The summed E-state index contributed by atoms with van der Waals surface area (Å²) >= 11 is 1.35. The van der Waals surface area contributed by atoms with Crippen molar-refractivity contribution < 1.29 is 28.7 Å². The van der Waals surface area contributed by atoms with Crippen LogP contribution in [0.1, 0.15) is 32.4 Å². The van der Waals surface area contributed by atoms with E-state index in [1.807, 2.05) is 42.6 Å². The molecule has 206 valence electrons. The van der Waals surface area contributed by atoms with Crippen LogP contribution in [-0.4, -0.2) is 41.7 Å². The minimum atomic E-state index is -1.02. The van der Waals surface area contributed by atoms with E-state index >= 15 is 0 Å². The molecule has 41 heavy (non-hydrogen) atoms. The molecule has 4 aromatic rings. The number of carbonyl (C=O) groups excluding carboxylic acids is 4. The Morgan fingerprint density at radius 3 is 2.56 bits per heavy atom. The summed E-state index contributed by atoms with van der Waals surface area (Å²) in [5.41, 5.74) is 2.92. The molecule has 2 aliphatic rings. The Labute approximate surface area is 239 Å². The summed E-state index contributed by atoms with van der Waals surface area (Å²) in [5.74, 6) is -1.25. The van der Waals surface area contributed by atoms with E-state index in [1.165, 1.54) is 21.1 Å². The van der Waals surface area contributed by atoms with Crippen molar-refractivity contribution in [3.8, 4) is 11.5 Å². The first-order valence-corrected chi connectivity index (χ1v) is 13.8. The fourth-order valence-corrected chi connectivity index (χ4v) is 5.82. The minimum absolute atomic E-state index is 0.101. The van der Waals surface area contributed by atoms with Crippen LogP contribution >= 0.6 is 11.3 Å². The van der Waals surface area contributed by atoms with Crippen molar-refractivity contribution >= 4 is 46.2 Å². The van der Waals surface area contributed by atoms with Gasteiger partial charge >= 0.3 is 0 Å². The average molecular weight is 568 g/mol. The summed E-state index contributed by atoms with van der Waals surface area (Å²) in [5, 5.41) is 4.76. The first-order chi connectivity index (χ1) is 19.9. The van der Waals surface area contributed by atoms with E-state index in [0.29, 0.717) is 27.8 Å². The number of amides is 3. The standard InChI is InChI=1S/C31H25N3O6S/c1-19-7-2-3-8-20(19)16-34(27(35)17-33-23-10-5-4-9-22(23)29(36)31(33)38)28(26-11-6-14-41-26)30(37)32-21-12-13-24-25(15-21)40-18-39-24/h2-15,28H,16-18H2,1H3,(H,32,37)/t28-/m1/s1. The number of rotatable bonds is 8. The lowest BCUT2D eigenvalue weighted by atomic mass is 10.1. The third kappa shape index (κ3) is 5.05. The number of carbonyl (C=O) groups is 4. The Kier molecular flexibility index (Phi) is 6.98. The third-order valence-corrected chi connectivity index (χ3v) is 8.03. The fraction of sp³-hybridized carbons (Fsp3) is 0.161. The topological polar surface area (TPSA) is 105 Å². The van der Waals surface area contributed by atoms with Crippen LogP contribution in [0.4, 0.5) is 11.4 Å². The van der Waals surface area contributed by atoms with Gasteiger partial charge in [-0.2, -0.15) is 0 Å². The number of Topliss-reactive ketones (excluding diaryl/α,β-unsaturated/α-hetero) is 1. The van der Waals surface area contributed by atoms with Crippen molar-refractivity contribution in [2.45, 2.75) is 19.5 Å². The van der Waals surface area contributed by atoms with Crippen molar-refractivity contribution in [2.24, 2.45) is 0 Å². The van der Waals surface area contributed by atoms with Crippen LogP contribution in [0.15, 0.2) is 84.2 Å². The monoisotopic (exact) mass is 567 g/mol. The largest absolute Gasteiger partial charge is 0.454 e. The molecule has 9 nitrogen and oxygen atoms in total. The van der Waals surface area contributed by atoms with Gasteiger partial charge in [0.25, 0.3) is 17.6 Å². The number of hydrogen-bond acceptors (Lipinski definition) is 7. The van der Waals surface area contributed by atoms with Gasteiger partial charge in [-0.1, -0.05) is 42.5 Å². The Hall–Kier alpha value is -4.96. The lowest BCUT2D eigenvalue weighted by molar-refractivity contribution is -0.138. The Balaban J connectivity index is 1.36. The lowest BCUT2D eigenvalue weighted by Crippen LogP contribution is -2.46. The number of hydrogen-bond donors (Lipinski definition) is 1. The van der Waals surface area contributed by atoms with E-state index < -0.39 is 36.1 Å². The molecule has 0 saturated heterocycles. The van der Waals surface area contributed by atoms with Crippen LogP contribution in [0.2, 0.25) is 0 Å². The molecule has 0 radical (unpaired) electrons. The molecule has 3 aromatic carbocycles. The Morgan fingerprint density at radius 2 is 1.76 bits per heavy atom. The molecule has 3 heterocycles. The van der Waals surface area contributed by atoms with Gasteiger partial charge in [-0.25, -0.2) is 0 Å². The second-order valence-electron chi connectivity index (χ2n) is 9.66. The molecule has 1 aromatic heterocycles. The zero-order chi connectivity index (χ0) is 28.5. The third-order valence-electron chi connectivity index (χ3n) is 7.11. The number of benzene rings is 3. The van der Waals surface area contributed by atoms with Crippen molar-refractivity contribution in [1.29, 1.82) is 0 Å². The number of nitrogens with one attached hydrogen (secondary N) is 1. The summed E-state index contributed by atoms with van der Waals surface area (Å²) in [6.45, 7) is 1.75. The average Bonchev–Trinajstić information content (AvgIpc) is 3.72. The van der Waals surface area contributed by atoms with E-state index in [4.69, 9.17) is 9.47 Å². The molecule has 3 amide bonds. The maximum atomic E-state index is 14.1. The van der Waals surface area contributed by atoms with Gasteiger partial charge in [0, 0.05) is 23.2 Å². The molecule has 0 aliphatic carbocycles. The quantitative estimate of drug-likeness (QED) is 0.309.